The van der Waals surface area contributed by atoms with Gasteiger partial charge in [0.2, 0.25) is 0 Å². The number of pyridine rings is 1. The summed E-state index contributed by atoms with van der Waals surface area (Å²) in [5.74, 6) is 0.879. The summed E-state index contributed by atoms with van der Waals surface area (Å²) in [6, 6.07) is 10.6. The van der Waals surface area contributed by atoms with Crippen molar-refractivity contribution in [2.45, 2.75) is 20.9 Å². The lowest BCUT2D eigenvalue weighted by molar-refractivity contribution is 0.404. The molecule has 5 nitrogen and oxygen atoms in total. The molecule has 0 aliphatic carbocycles. The van der Waals surface area contributed by atoms with E-state index in [9.17, 15) is 0 Å². The maximum atomic E-state index is 4.42. The van der Waals surface area contributed by atoms with Crippen LogP contribution in [0.5, 0.6) is 0 Å². The van der Waals surface area contributed by atoms with Gasteiger partial charge in [0.05, 0.1) is 5.52 Å². The van der Waals surface area contributed by atoms with Gasteiger partial charge in [-0.1, -0.05) is 19.6 Å². The van der Waals surface area contributed by atoms with Gasteiger partial charge in [0, 0.05) is 34.9 Å². The molecule has 0 saturated carbocycles. The summed E-state index contributed by atoms with van der Waals surface area (Å²) >= 11 is 0. The Kier molecular flexibility index (Phi) is 4.11. The zero-order valence-electron chi connectivity index (χ0n) is 13.5. The first kappa shape index (κ1) is 16.2. The van der Waals surface area contributed by atoms with E-state index in [2.05, 4.69) is 63.2 Å². The van der Waals surface area contributed by atoms with Crippen molar-refractivity contribution in [3.8, 4) is 11.3 Å². The molecule has 0 unspecified atom stereocenters. The number of aryl methyl sites for hydroxylation is 1. The Balaban J connectivity index is 0.00000169. The van der Waals surface area contributed by atoms with Gasteiger partial charge in [0.25, 0.3) is 0 Å². The van der Waals surface area contributed by atoms with Crippen molar-refractivity contribution in [2.75, 3.05) is 14.1 Å². The molecule has 5 heteroatoms. The van der Waals surface area contributed by atoms with Gasteiger partial charge >= 0.3 is 0 Å². The SMILES string of the molecule is C.Cc1nc2nccc(-c3cc4c(CN(C)C)cccc4[nH]3)c2[nH]1. The van der Waals surface area contributed by atoms with Gasteiger partial charge in [-0.05, 0) is 44.8 Å². The molecule has 2 N–H and O–H groups in total. The van der Waals surface area contributed by atoms with Gasteiger partial charge in [-0.25, -0.2) is 9.97 Å². The van der Waals surface area contributed by atoms with Crippen molar-refractivity contribution in [1.29, 1.82) is 0 Å². The minimum atomic E-state index is 0. The Labute approximate surface area is 141 Å². The third kappa shape index (κ3) is 2.67. The fraction of sp³-hybridized carbons (Fsp3) is 0.263. The molecule has 0 fully saturated rings. The normalized spacial score (nSPS) is 11.3. The average Bonchev–Trinajstić information content (AvgIpc) is 3.08. The monoisotopic (exact) mass is 321 g/mol. The molecule has 0 radical (unpaired) electrons. The van der Waals surface area contributed by atoms with Crippen LogP contribution in [0.25, 0.3) is 33.3 Å². The van der Waals surface area contributed by atoms with Crippen molar-refractivity contribution in [1.82, 2.24) is 24.8 Å². The zero-order chi connectivity index (χ0) is 16.0. The maximum absolute atomic E-state index is 4.42. The molecule has 124 valence electrons. The van der Waals surface area contributed by atoms with Crippen LogP contribution in [0.15, 0.2) is 36.5 Å². The van der Waals surface area contributed by atoms with E-state index < -0.39 is 0 Å². The first-order valence-corrected chi connectivity index (χ1v) is 7.69. The van der Waals surface area contributed by atoms with Gasteiger partial charge in [-0.2, -0.15) is 0 Å². The van der Waals surface area contributed by atoms with Crippen molar-refractivity contribution < 1.29 is 0 Å². The van der Waals surface area contributed by atoms with Crippen LogP contribution in [0.1, 0.15) is 18.8 Å². The summed E-state index contributed by atoms with van der Waals surface area (Å²) in [6.07, 6.45) is 1.81. The topological polar surface area (TPSA) is 60.6 Å². The molecule has 0 saturated heterocycles. The third-order valence-electron chi connectivity index (χ3n) is 4.04. The van der Waals surface area contributed by atoms with Crippen LogP contribution < -0.4 is 0 Å². The van der Waals surface area contributed by atoms with E-state index >= 15 is 0 Å². The van der Waals surface area contributed by atoms with Crippen LogP contribution in [0.4, 0.5) is 0 Å². The van der Waals surface area contributed by atoms with E-state index in [-0.39, 0.29) is 7.43 Å². The average molecular weight is 321 g/mol. The Morgan fingerprint density at radius 1 is 1.12 bits per heavy atom. The smallest absolute Gasteiger partial charge is 0.178 e. The largest absolute Gasteiger partial charge is 0.354 e. The Hall–Kier alpha value is -2.66. The predicted molar refractivity (Wildman–Crippen MR) is 100 cm³/mol. The highest BCUT2D eigenvalue weighted by Gasteiger charge is 2.12. The van der Waals surface area contributed by atoms with Crippen LogP contribution in [-0.4, -0.2) is 38.9 Å². The second-order valence-corrected chi connectivity index (χ2v) is 6.18. The third-order valence-corrected chi connectivity index (χ3v) is 4.04. The predicted octanol–water partition coefficient (Wildman–Crippen LogP) is 4.11. The highest BCUT2D eigenvalue weighted by molar-refractivity contribution is 5.94. The van der Waals surface area contributed by atoms with E-state index in [0.717, 1.165) is 40.3 Å². The number of nitrogens with zero attached hydrogens (tertiary/aromatic N) is 3. The summed E-state index contributed by atoms with van der Waals surface area (Å²) in [7, 11) is 4.18. The maximum Gasteiger partial charge on any atom is 0.178 e. The Morgan fingerprint density at radius 3 is 2.75 bits per heavy atom. The quantitative estimate of drug-likeness (QED) is 0.597. The van der Waals surface area contributed by atoms with E-state index in [1.807, 2.05) is 19.2 Å². The number of hydrogen-bond donors (Lipinski definition) is 2. The lowest BCUT2D eigenvalue weighted by atomic mass is 10.1. The highest BCUT2D eigenvalue weighted by Crippen LogP contribution is 2.30. The van der Waals surface area contributed by atoms with E-state index in [1.54, 1.807) is 0 Å². The number of fused-ring (bicyclic) bond motifs is 2. The molecule has 4 aromatic rings. The first-order chi connectivity index (χ1) is 11.1. The summed E-state index contributed by atoms with van der Waals surface area (Å²) in [6.45, 7) is 2.87. The van der Waals surface area contributed by atoms with Gasteiger partial charge in [-0.15, -0.1) is 0 Å². The second kappa shape index (κ2) is 6.09. The van der Waals surface area contributed by atoms with Crippen LogP contribution in [0, 0.1) is 6.92 Å². The molecule has 0 aliphatic rings. The number of rotatable bonds is 3. The van der Waals surface area contributed by atoms with Crippen LogP contribution in [-0.2, 0) is 6.54 Å². The highest BCUT2D eigenvalue weighted by atomic mass is 15.0. The number of benzene rings is 1. The number of H-pyrrole nitrogens is 2. The number of aromatic nitrogens is 4. The lowest BCUT2D eigenvalue weighted by Crippen LogP contribution is -2.10. The van der Waals surface area contributed by atoms with E-state index in [0.29, 0.717) is 0 Å². The molecule has 0 aliphatic heterocycles. The number of nitrogens with one attached hydrogen (secondary N) is 2. The Bertz CT molecular complexity index is 994. The molecule has 1 aromatic carbocycles. The molecular weight excluding hydrogens is 298 g/mol. The van der Waals surface area contributed by atoms with Crippen LogP contribution in [0.2, 0.25) is 0 Å². The molecule has 3 aromatic heterocycles. The van der Waals surface area contributed by atoms with Crippen LogP contribution >= 0.6 is 0 Å². The van der Waals surface area contributed by atoms with Crippen molar-refractivity contribution in [2.24, 2.45) is 0 Å². The van der Waals surface area contributed by atoms with Gasteiger partial charge < -0.3 is 14.9 Å². The molecule has 0 bridgehead atoms. The van der Waals surface area contributed by atoms with Crippen LogP contribution in [0.3, 0.4) is 0 Å². The summed E-state index contributed by atoms with van der Waals surface area (Å²) in [5.41, 5.74) is 6.39. The molecule has 0 amide bonds. The second-order valence-electron chi connectivity index (χ2n) is 6.18. The summed E-state index contributed by atoms with van der Waals surface area (Å²) in [5, 5.41) is 1.26. The van der Waals surface area contributed by atoms with Gasteiger partial charge in [0.1, 0.15) is 5.82 Å². The minimum Gasteiger partial charge on any atom is -0.354 e. The van der Waals surface area contributed by atoms with E-state index in [1.165, 1.54) is 10.9 Å². The molecule has 0 spiro atoms. The lowest BCUT2D eigenvalue weighted by Gasteiger charge is -2.10. The van der Waals surface area contributed by atoms with Gasteiger partial charge in [0.15, 0.2) is 5.65 Å². The summed E-state index contributed by atoms with van der Waals surface area (Å²) < 4.78 is 0. The van der Waals surface area contributed by atoms with Crippen molar-refractivity contribution >= 4 is 22.1 Å². The molecule has 4 rings (SSSR count). The standard InChI is InChI=1S/C18H19N5.CH4/c1-11-20-17-13(7-8-19-18(17)21-11)16-9-14-12(10-23(2)3)5-4-6-15(14)22-16;/h4-9,22H,10H2,1-3H3,(H,19,20,21);1H4. The molecular formula is C19H23N5. The summed E-state index contributed by atoms with van der Waals surface area (Å²) in [4.78, 5) is 17.8. The molecule has 0 atom stereocenters. The number of imidazole rings is 1. The zero-order valence-corrected chi connectivity index (χ0v) is 13.5. The van der Waals surface area contributed by atoms with E-state index in [4.69, 9.17) is 0 Å². The fourth-order valence-electron chi connectivity index (χ4n) is 3.09. The number of hydrogen-bond acceptors (Lipinski definition) is 3. The first-order valence-electron chi connectivity index (χ1n) is 7.69. The molecule has 3 heterocycles. The minimum absolute atomic E-state index is 0. The number of aromatic amines is 2. The molecule has 24 heavy (non-hydrogen) atoms. The van der Waals surface area contributed by atoms with Gasteiger partial charge in [-0.3, -0.25) is 0 Å². The van der Waals surface area contributed by atoms with Crippen molar-refractivity contribution in [3.05, 3.63) is 47.9 Å². The van der Waals surface area contributed by atoms with Crippen molar-refractivity contribution in [3.63, 3.8) is 0 Å². The Morgan fingerprint density at radius 2 is 1.96 bits per heavy atom. The fourth-order valence-corrected chi connectivity index (χ4v) is 3.09.